The fraction of sp³-hybridized carbons (Fsp3) is 0.292. The molecule has 0 radical (unpaired) electrons. The lowest BCUT2D eigenvalue weighted by atomic mass is 9.97. The molecule has 2 aliphatic rings. The maximum absolute atomic E-state index is 13.4. The Morgan fingerprint density at radius 1 is 1.00 bits per heavy atom. The number of aromatic nitrogens is 2. The summed E-state index contributed by atoms with van der Waals surface area (Å²) in [6.45, 7) is 1.27. The summed E-state index contributed by atoms with van der Waals surface area (Å²) in [5, 5.41) is 0.753. The van der Waals surface area contributed by atoms with Crippen molar-refractivity contribution in [1.82, 2.24) is 14.3 Å². The van der Waals surface area contributed by atoms with Crippen LogP contribution in [-0.4, -0.2) is 26.7 Å². The predicted octanol–water partition coefficient (Wildman–Crippen LogP) is 3.99. The van der Waals surface area contributed by atoms with Crippen LogP contribution in [0.25, 0.3) is 15.9 Å². The molecule has 1 amide bonds. The van der Waals surface area contributed by atoms with Crippen molar-refractivity contribution in [2.45, 2.75) is 38.6 Å². The summed E-state index contributed by atoms with van der Waals surface area (Å²) in [5.41, 5.74) is 4.60. The number of thiophene rings is 1. The molecule has 1 aliphatic heterocycles. The normalized spacial score (nSPS) is 15.9. The summed E-state index contributed by atoms with van der Waals surface area (Å²) in [6.07, 6.45) is 6.85. The number of pyridine rings is 1. The summed E-state index contributed by atoms with van der Waals surface area (Å²) >= 11 is 1.63. The smallest absolute Gasteiger partial charge is 0.266 e. The molecule has 0 bridgehead atoms. The van der Waals surface area contributed by atoms with Gasteiger partial charge in [-0.1, -0.05) is 24.3 Å². The largest absolute Gasteiger partial charge is 0.334 e. The second-order valence-electron chi connectivity index (χ2n) is 8.17. The molecular weight excluding hydrogens is 394 g/mol. The van der Waals surface area contributed by atoms with Crippen molar-refractivity contribution in [3.05, 3.63) is 80.1 Å². The zero-order valence-corrected chi connectivity index (χ0v) is 17.4. The Bertz CT molecular complexity index is 1380. The highest BCUT2D eigenvalue weighted by Crippen LogP contribution is 2.34. The first-order valence-corrected chi connectivity index (χ1v) is 11.3. The SMILES string of the molecule is O=C(c1cccn2c(=O)c3c4c(sc3nc12)CCCC4)N1CCc2ccccc2C1. The second-order valence-corrected chi connectivity index (χ2v) is 9.25. The number of carbonyl (C=O) groups is 1. The van der Waals surface area contributed by atoms with E-state index in [1.54, 1.807) is 34.1 Å². The fourth-order valence-electron chi connectivity index (χ4n) is 4.85. The van der Waals surface area contributed by atoms with E-state index in [1.165, 1.54) is 28.0 Å². The van der Waals surface area contributed by atoms with Crippen LogP contribution in [0.15, 0.2) is 47.4 Å². The van der Waals surface area contributed by atoms with E-state index in [1.807, 2.05) is 17.0 Å². The zero-order valence-electron chi connectivity index (χ0n) is 16.6. The van der Waals surface area contributed by atoms with Crippen LogP contribution in [0.1, 0.15) is 44.8 Å². The average molecular weight is 416 g/mol. The van der Waals surface area contributed by atoms with Crippen molar-refractivity contribution >= 4 is 33.1 Å². The van der Waals surface area contributed by atoms with Crippen LogP contribution < -0.4 is 5.56 Å². The maximum Gasteiger partial charge on any atom is 0.266 e. The lowest BCUT2D eigenvalue weighted by molar-refractivity contribution is 0.0736. The van der Waals surface area contributed by atoms with Gasteiger partial charge in [-0.15, -0.1) is 11.3 Å². The highest BCUT2D eigenvalue weighted by Gasteiger charge is 2.26. The van der Waals surface area contributed by atoms with Gasteiger partial charge in [-0.25, -0.2) is 4.98 Å². The number of carbonyl (C=O) groups excluding carboxylic acids is 1. The molecule has 0 saturated carbocycles. The van der Waals surface area contributed by atoms with E-state index < -0.39 is 0 Å². The lowest BCUT2D eigenvalue weighted by Gasteiger charge is -2.29. The number of hydrogen-bond acceptors (Lipinski definition) is 4. The van der Waals surface area contributed by atoms with Crippen molar-refractivity contribution in [3.63, 3.8) is 0 Å². The van der Waals surface area contributed by atoms with E-state index in [0.717, 1.165) is 35.9 Å². The monoisotopic (exact) mass is 415 g/mol. The third-order valence-electron chi connectivity index (χ3n) is 6.41. The average Bonchev–Trinajstić information content (AvgIpc) is 3.17. The molecule has 0 atom stereocenters. The van der Waals surface area contributed by atoms with Crippen LogP contribution in [0.3, 0.4) is 0 Å². The van der Waals surface area contributed by atoms with Gasteiger partial charge in [-0.05, 0) is 60.9 Å². The summed E-state index contributed by atoms with van der Waals surface area (Å²) in [7, 11) is 0. The van der Waals surface area contributed by atoms with Gasteiger partial charge in [0.05, 0.1) is 10.9 Å². The molecule has 5 nitrogen and oxygen atoms in total. The van der Waals surface area contributed by atoms with Crippen LogP contribution in [0.5, 0.6) is 0 Å². The maximum atomic E-state index is 13.4. The summed E-state index contributed by atoms with van der Waals surface area (Å²) in [4.78, 5) is 35.5. The van der Waals surface area contributed by atoms with Crippen molar-refractivity contribution in [2.24, 2.45) is 0 Å². The molecule has 6 rings (SSSR count). The van der Waals surface area contributed by atoms with Gasteiger partial charge in [0.25, 0.3) is 11.5 Å². The third-order valence-corrected chi connectivity index (χ3v) is 7.59. The molecule has 30 heavy (non-hydrogen) atoms. The Hall–Kier alpha value is -2.99. The van der Waals surface area contributed by atoms with E-state index in [2.05, 4.69) is 12.1 Å². The molecule has 1 aromatic carbocycles. The first-order valence-electron chi connectivity index (χ1n) is 10.5. The van der Waals surface area contributed by atoms with Gasteiger partial charge < -0.3 is 4.90 Å². The second kappa shape index (κ2) is 6.77. The minimum Gasteiger partial charge on any atom is -0.334 e. The molecule has 0 fully saturated rings. The quantitative estimate of drug-likeness (QED) is 0.472. The minimum atomic E-state index is -0.0600. The van der Waals surface area contributed by atoms with E-state index in [9.17, 15) is 9.59 Å². The first-order chi connectivity index (χ1) is 14.7. The van der Waals surface area contributed by atoms with Crippen LogP contribution in [0.4, 0.5) is 0 Å². The van der Waals surface area contributed by atoms with Crippen molar-refractivity contribution in [3.8, 4) is 0 Å². The van der Waals surface area contributed by atoms with Crippen molar-refractivity contribution < 1.29 is 4.79 Å². The van der Waals surface area contributed by atoms with Crippen LogP contribution in [0.2, 0.25) is 0 Å². The summed E-state index contributed by atoms with van der Waals surface area (Å²) in [6, 6.07) is 11.9. The number of fused-ring (bicyclic) bond motifs is 5. The molecule has 0 spiro atoms. The van der Waals surface area contributed by atoms with E-state index in [-0.39, 0.29) is 11.5 Å². The number of benzene rings is 1. The molecule has 3 aromatic heterocycles. The van der Waals surface area contributed by atoms with Gasteiger partial charge in [0.15, 0.2) is 5.65 Å². The van der Waals surface area contributed by atoms with Crippen LogP contribution >= 0.6 is 11.3 Å². The van der Waals surface area contributed by atoms with Gasteiger partial charge in [-0.3, -0.25) is 14.0 Å². The number of hydrogen-bond donors (Lipinski definition) is 0. The molecule has 4 heterocycles. The summed E-state index contributed by atoms with van der Waals surface area (Å²) < 4.78 is 1.56. The number of amides is 1. The number of rotatable bonds is 1. The Labute approximate surface area is 177 Å². The van der Waals surface area contributed by atoms with Crippen molar-refractivity contribution in [2.75, 3.05) is 6.54 Å². The standard InChI is InChI=1S/C24H21N3O2S/c28-23(26-13-11-15-6-1-2-7-16(15)14-26)18-9-5-12-27-21(18)25-22-20(24(27)29)17-8-3-4-10-19(17)30-22/h1-2,5-7,9,12H,3-4,8,10-11,13-14H2. The van der Waals surface area contributed by atoms with E-state index in [0.29, 0.717) is 24.3 Å². The number of aryl methyl sites for hydroxylation is 2. The Kier molecular flexibility index (Phi) is 4.03. The topological polar surface area (TPSA) is 54.7 Å². The molecule has 4 aromatic rings. The highest BCUT2D eigenvalue weighted by molar-refractivity contribution is 7.18. The molecule has 0 N–H and O–H groups in total. The van der Waals surface area contributed by atoms with Gasteiger partial charge in [0.1, 0.15) is 4.83 Å². The predicted molar refractivity (Wildman–Crippen MR) is 118 cm³/mol. The van der Waals surface area contributed by atoms with Crippen LogP contribution in [0, 0.1) is 0 Å². The van der Waals surface area contributed by atoms with Gasteiger partial charge in [0, 0.05) is 24.2 Å². The Morgan fingerprint density at radius 3 is 2.73 bits per heavy atom. The molecular formula is C24H21N3O2S. The van der Waals surface area contributed by atoms with Gasteiger partial charge >= 0.3 is 0 Å². The van der Waals surface area contributed by atoms with Crippen molar-refractivity contribution in [1.29, 1.82) is 0 Å². The van der Waals surface area contributed by atoms with Gasteiger partial charge in [-0.2, -0.15) is 0 Å². The Balaban J connectivity index is 1.48. The fourth-order valence-corrected chi connectivity index (χ4v) is 6.10. The summed E-state index contributed by atoms with van der Waals surface area (Å²) in [5.74, 6) is -0.0600. The number of nitrogens with zero attached hydrogens (tertiary/aromatic N) is 3. The lowest BCUT2D eigenvalue weighted by Crippen LogP contribution is -2.36. The first kappa shape index (κ1) is 17.8. The highest BCUT2D eigenvalue weighted by atomic mass is 32.1. The molecule has 0 saturated heterocycles. The zero-order chi connectivity index (χ0) is 20.2. The minimum absolute atomic E-state index is 0.0481. The van der Waals surface area contributed by atoms with Crippen LogP contribution in [-0.2, 0) is 25.8 Å². The molecule has 6 heteroatoms. The third kappa shape index (κ3) is 2.63. The molecule has 150 valence electrons. The Morgan fingerprint density at radius 2 is 1.83 bits per heavy atom. The van der Waals surface area contributed by atoms with E-state index in [4.69, 9.17) is 4.98 Å². The van der Waals surface area contributed by atoms with E-state index >= 15 is 0 Å². The van der Waals surface area contributed by atoms with Gasteiger partial charge in [0.2, 0.25) is 0 Å². The molecule has 0 unspecified atom stereocenters. The molecule has 1 aliphatic carbocycles.